The molecule has 3 heterocycles. The van der Waals surface area contributed by atoms with Gasteiger partial charge in [-0.15, -0.1) is 0 Å². The smallest absolute Gasteiger partial charge is 0.212 e. The minimum Gasteiger partial charge on any atom is -0.481 e. The fourth-order valence-electron chi connectivity index (χ4n) is 3.53. The van der Waals surface area contributed by atoms with E-state index in [1.54, 1.807) is 7.11 Å². The lowest BCUT2D eigenvalue weighted by Crippen LogP contribution is -2.52. The molecule has 1 aromatic rings. The van der Waals surface area contributed by atoms with Crippen molar-refractivity contribution in [3.05, 3.63) is 23.9 Å². The topological polar surface area (TPSA) is 31.8 Å². The van der Waals surface area contributed by atoms with Gasteiger partial charge in [0.15, 0.2) is 0 Å². The molecule has 122 valence electrons. The molecular weight excluding hydrogens is 276 g/mol. The summed E-state index contributed by atoms with van der Waals surface area (Å²) in [5.74, 6) is 0.691. The van der Waals surface area contributed by atoms with Gasteiger partial charge in [-0.3, -0.25) is 9.80 Å². The Bertz CT molecular complexity index is 448. The van der Waals surface area contributed by atoms with Crippen molar-refractivity contribution in [3.8, 4) is 5.88 Å². The summed E-state index contributed by atoms with van der Waals surface area (Å²) in [6.07, 6.45) is 4.60. The van der Waals surface area contributed by atoms with Crippen LogP contribution in [0.4, 0.5) is 0 Å². The van der Waals surface area contributed by atoms with Gasteiger partial charge in [0.1, 0.15) is 0 Å². The molecule has 0 N–H and O–H groups in total. The van der Waals surface area contributed by atoms with Crippen LogP contribution in [0, 0.1) is 0 Å². The number of ether oxygens (including phenoxy) is 1. The van der Waals surface area contributed by atoms with E-state index in [2.05, 4.69) is 32.8 Å². The van der Waals surface area contributed by atoms with E-state index in [9.17, 15) is 0 Å². The highest BCUT2D eigenvalue weighted by Gasteiger charge is 2.26. The minimum atomic E-state index is 0.691. The van der Waals surface area contributed by atoms with E-state index in [1.807, 2.05) is 12.3 Å². The van der Waals surface area contributed by atoms with Gasteiger partial charge < -0.3 is 9.64 Å². The Hall–Kier alpha value is -1.17. The molecule has 5 heteroatoms. The Morgan fingerprint density at radius 1 is 1.09 bits per heavy atom. The molecule has 2 aliphatic heterocycles. The van der Waals surface area contributed by atoms with Gasteiger partial charge in [0.25, 0.3) is 0 Å². The molecule has 1 aromatic heterocycles. The fourth-order valence-corrected chi connectivity index (χ4v) is 3.53. The Balaban J connectivity index is 1.45. The summed E-state index contributed by atoms with van der Waals surface area (Å²) in [5, 5.41) is 0. The molecule has 0 aliphatic carbocycles. The number of likely N-dealkylation sites (tertiary alicyclic amines) is 1. The molecule has 3 rings (SSSR count). The minimum absolute atomic E-state index is 0.691. The highest BCUT2D eigenvalue weighted by molar-refractivity contribution is 5.17. The maximum Gasteiger partial charge on any atom is 0.212 e. The van der Waals surface area contributed by atoms with Gasteiger partial charge in [-0.1, -0.05) is 6.07 Å². The van der Waals surface area contributed by atoms with Crippen LogP contribution >= 0.6 is 0 Å². The van der Waals surface area contributed by atoms with Crippen molar-refractivity contribution in [1.82, 2.24) is 19.7 Å². The summed E-state index contributed by atoms with van der Waals surface area (Å²) >= 11 is 0. The second kappa shape index (κ2) is 7.40. The van der Waals surface area contributed by atoms with E-state index in [1.165, 1.54) is 57.7 Å². The van der Waals surface area contributed by atoms with E-state index in [4.69, 9.17) is 4.74 Å². The summed E-state index contributed by atoms with van der Waals surface area (Å²) in [6, 6.07) is 4.88. The van der Waals surface area contributed by atoms with Crippen LogP contribution in [-0.2, 0) is 6.54 Å². The van der Waals surface area contributed by atoms with Crippen molar-refractivity contribution >= 4 is 0 Å². The zero-order chi connectivity index (χ0) is 15.4. The van der Waals surface area contributed by atoms with E-state index in [0.29, 0.717) is 5.88 Å². The van der Waals surface area contributed by atoms with Crippen LogP contribution < -0.4 is 4.74 Å². The first-order valence-corrected chi connectivity index (χ1v) is 8.38. The van der Waals surface area contributed by atoms with Gasteiger partial charge >= 0.3 is 0 Å². The third kappa shape index (κ3) is 3.97. The first-order chi connectivity index (χ1) is 10.7. The van der Waals surface area contributed by atoms with Crippen LogP contribution in [0.2, 0.25) is 0 Å². The number of aromatic nitrogens is 1. The summed E-state index contributed by atoms with van der Waals surface area (Å²) in [4.78, 5) is 12.0. The summed E-state index contributed by atoms with van der Waals surface area (Å²) in [6.45, 7) is 8.25. The van der Waals surface area contributed by atoms with Crippen molar-refractivity contribution in [3.63, 3.8) is 0 Å². The molecule has 22 heavy (non-hydrogen) atoms. The number of piperidine rings is 1. The quantitative estimate of drug-likeness (QED) is 0.837. The summed E-state index contributed by atoms with van der Waals surface area (Å²) < 4.78 is 5.11. The molecule has 5 nitrogen and oxygen atoms in total. The van der Waals surface area contributed by atoms with E-state index < -0.39 is 0 Å². The maximum absolute atomic E-state index is 5.11. The molecule has 0 saturated carbocycles. The second-order valence-corrected chi connectivity index (χ2v) is 6.56. The van der Waals surface area contributed by atoms with Crippen LogP contribution in [0.3, 0.4) is 0 Å². The fraction of sp³-hybridized carbons (Fsp3) is 0.706. The molecule has 0 aromatic carbocycles. The van der Waals surface area contributed by atoms with Crippen molar-refractivity contribution in [2.75, 3.05) is 53.4 Å². The third-order valence-corrected chi connectivity index (χ3v) is 5.02. The lowest BCUT2D eigenvalue weighted by Gasteiger charge is -2.42. The molecule has 0 unspecified atom stereocenters. The largest absolute Gasteiger partial charge is 0.481 e. The average molecular weight is 304 g/mol. The number of pyridine rings is 1. The highest BCUT2D eigenvalue weighted by atomic mass is 16.5. The predicted molar refractivity (Wildman–Crippen MR) is 88.2 cm³/mol. The Morgan fingerprint density at radius 2 is 1.82 bits per heavy atom. The SMILES string of the molecule is COc1ccc(CN2CCN(C3CCN(C)CC3)CC2)cn1. The van der Waals surface area contributed by atoms with Gasteiger partial charge in [0, 0.05) is 51.0 Å². The average Bonchev–Trinajstić information content (AvgIpc) is 2.57. The lowest BCUT2D eigenvalue weighted by atomic mass is 10.0. The molecule has 0 amide bonds. The molecule has 0 spiro atoms. The normalized spacial score (nSPS) is 22.8. The van der Waals surface area contributed by atoms with Crippen LogP contribution in [0.5, 0.6) is 5.88 Å². The van der Waals surface area contributed by atoms with Crippen molar-refractivity contribution in [2.24, 2.45) is 0 Å². The zero-order valence-corrected chi connectivity index (χ0v) is 13.9. The number of piperazine rings is 1. The van der Waals surface area contributed by atoms with Crippen LogP contribution in [0.1, 0.15) is 18.4 Å². The van der Waals surface area contributed by atoms with Crippen molar-refractivity contribution in [2.45, 2.75) is 25.4 Å². The Kier molecular flexibility index (Phi) is 5.28. The van der Waals surface area contributed by atoms with Gasteiger partial charge in [-0.05, 0) is 38.5 Å². The van der Waals surface area contributed by atoms with Crippen LogP contribution in [-0.4, -0.2) is 79.2 Å². The van der Waals surface area contributed by atoms with E-state index in [-0.39, 0.29) is 0 Å². The van der Waals surface area contributed by atoms with Crippen LogP contribution in [0.25, 0.3) is 0 Å². The summed E-state index contributed by atoms with van der Waals surface area (Å²) in [5.41, 5.74) is 1.27. The second-order valence-electron chi connectivity index (χ2n) is 6.56. The van der Waals surface area contributed by atoms with Crippen molar-refractivity contribution in [1.29, 1.82) is 0 Å². The first-order valence-electron chi connectivity index (χ1n) is 8.38. The highest BCUT2D eigenvalue weighted by Crippen LogP contribution is 2.18. The lowest BCUT2D eigenvalue weighted by molar-refractivity contribution is 0.0618. The third-order valence-electron chi connectivity index (χ3n) is 5.02. The molecule has 0 atom stereocenters. The maximum atomic E-state index is 5.11. The van der Waals surface area contributed by atoms with Gasteiger partial charge in [0.2, 0.25) is 5.88 Å². The van der Waals surface area contributed by atoms with E-state index in [0.717, 1.165) is 12.6 Å². The summed E-state index contributed by atoms with van der Waals surface area (Å²) in [7, 11) is 3.89. The number of hydrogen-bond donors (Lipinski definition) is 0. The van der Waals surface area contributed by atoms with E-state index >= 15 is 0 Å². The molecular formula is C17H28N4O. The van der Waals surface area contributed by atoms with Gasteiger partial charge in [-0.2, -0.15) is 0 Å². The van der Waals surface area contributed by atoms with Gasteiger partial charge in [-0.25, -0.2) is 4.98 Å². The molecule has 2 saturated heterocycles. The zero-order valence-electron chi connectivity index (χ0n) is 13.9. The first kappa shape index (κ1) is 15.7. The number of nitrogens with zero attached hydrogens (tertiary/aromatic N) is 4. The van der Waals surface area contributed by atoms with Crippen LogP contribution in [0.15, 0.2) is 18.3 Å². The number of hydrogen-bond acceptors (Lipinski definition) is 5. The number of methoxy groups -OCH3 is 1. The van der Waals surface area contributed by atoms with Crippen molar-refractivity contribution < 1.29 is 4.74 Å². The monoisotopic (exact) mass is 304 g/mol. The standard InChI is InChI=1S/C17H28N4O/c1-19-7-5-16(6-8-19)21-11-9-20(10-12-21)14-15-3-4-17(22-2)18-13-15/h3-4,13,16H,5-12,14H2,1-2H3. The van der Waals surface area contributed by atoms with Gasteiger partial charge in [0.05, 0.1) is 7.11 Å². The molecule has 2 aliphatic rings. The Labute approximate surface area is 133 Å². The Morgan fingerprint density at radius 3 is 2.41 bits per heavy atom. The molecule has 2 fully saturated rings. The number of rotatable bonds is 4. The molecule has 0 bridgehead atoms. The molecule has 0 radical (unpaired) electrons. The predicted octanol–water partition coefficient (Wildman–Crippen LogP) is 1.30.